The highest BCUT2D eigenvalue weighted by molar-refractivity contribution is 6.32. The minimum absolute atomic E-state index is 0.196. The third-order valence-corrected chi connectivity index (χ3v) is 5.21. The van der Waals surface area contributed by atoms with E-state index < -0.39 is 0 Å². The molecule has 23 heavy (non-hydrogen) atoms. The first kappa shape index (κ1) is 16.4. The van der Waals surface area contributed by atoms with Crippen LogP contribution in [0.3, 0.4) is 0 Å². The summed E-state index contributed by atoms with van der Waals surface area (Å²) in [6.07, 6.45) is 2.99. The van der Waals surface area contributed by atoms with Gasteiger partial charge in [0.1, 0.15) is 0 Å². The molecule has 5 nitrogen and oxygen atoms in total. The summed E-state index contributed by atoms with van der Waals surface area (Å²) in [5.41, 5.74) is 0.874. The summed E-state index contributed by atoms with van der Waals surface area (Å²) in [4.78, 5) is 14.6. The van der Waals surface area contributed by atoms with E-state index in [0.717, 1.165) is 51.0 Å². The molecule has 0 saturated carbocycles. The number of rotatable bonds is 4. The Hall–Kier alpha value is -1.46. The normalized spacial score (nSPS) is 24.7. The lowest BCUT2D eigenvalue weighted by atomic mass is 9.79. The van der Waals surface area contributed by atoms with E-state index in [2.05, 4.69) is 10.2 Å². The first-order valence-corrected chi connectivity index (χ1v) is 8.37. The van der Waals surface area contributed by atoms with E-state index in [1.54, 1.807) is 14.2 Å². The molecule has 1 aromatic carbocycles. The van der Waals surface area contributed by atoms with Crippen LogP contribution in [0.15, 0.2) is 12.1 Å². The first-order chi connectivity index (χ1) is 11.1. The Bertz CT molecular complexity index is 608. The molecule has 126 valence electrons. The van der Waals surface area contributed by atoms with Crippen molar-refractivity contribution >= 4 is 17.5 Å². The number of piperidine rings is 1. The Morgan fingerprint density at radius 3 is 2.83 bits per heavy atom. The highest BCUT2D eigenvalue weighted by Gasteiger charge is 2.45. The lowest BCUT2D eigenvalue weighted by molar-refractivity contribution is -0.132. The third-order valence-electron chi connectivity index (χ3n) is 4.93. The molecule has 1 amide bonds. The van der Waals surface area contributed by atoms with Crippen LogP contribution in [0.4, 0.5) is 0 Å². The maximum absolute atomic E-state index is 12.3. The minimum atomic E-state index is -0.196. The van der Waals surface area contributed by atoms with Crippen LogP contribution in [0.1, 0.15) is 24.8 Å². The number of amides is 1. The molecule has 6 heteroatoms. The Morgan fingerprint density at radius 2 is 2.13 bits per heavy atom. The summed E-state index contributed by atoms with van der Waals surface area (Å²) in [5.74, 6) is 1.42. The lowest BCUT2D eigenvalue weighted by Crippen LogP contribution is -2.47. The molecule has 2 fully saturated rings. The predicted molar refractivity (Wildman–Crippen MR) is 89.1 cm³/mol. The number of benzene rings is 1. The molecule has 2 aliphatic rings. The van der Waals surface area contributed by atoms with Gasteiger partial charge in [-0.25, -0.2) is 0 Å². The van der Waals surface area contributed by atoms with Crippen molar-refractivity contribution in [1.29, 1.82) is 0 Å². The van der Waals surface area contributed by atoms with Crippen molar-refractivity contribution in [1.82, 2.24) is 10.2 Å². The number of ether oxygens (including phenoxy) is 2. The molecule has 1 N–H and O–H groups in total. The van der Waals surface area contributed by atoms with E-state index in [1.165, 1.54) is 0 Å². The van der Waals surface area contributed by atoms with E-state index in [9.17, 15) is 4.79 Å². The average molecular weight is 339 g/mol. The summed E-state index contributed by atoms with van der Waals surface area (Å²) >= 11 is 6.28. The second-order valence-corrected chi connectivity index (χ2v) is 6.82. The zero-order chi connectivity index (χ0) is 16.4. The fourth-order valence-electron chi connectivity index (χ4n) is 3.73. The number of hydrogen-bond acceptors (Lipinski definition) is 4. The molecule has 1 atom stereocenters. The van der Waals surface area contributed by atoms with Crippen LogP contribution in [0.25, 0.3) is 0 Å². The van der Waals surface area contributed by atoms with E-state index in [1.807, 2.05) is 12.1 Å². The number of nitrogens with one attached hydrogen (secondary N) is 1. The molecule has 2 saturated heterocycles. The SMILES string of the molecule is COc1cc(CN2CC[C@@]3(CCCNC3=O)C2)cc(Cl)c1OC. The van der Waals surface area contributed by atoms with Gasteiger partial charge in [0, 0.05) is 19.6 Å². The molecule has 2 aliphatic heterocycles. The fourth-order valence-corrected chi connectivity index (χ4v) is 4.04. The van der Waals surface area contributed by atoms with E-state index >= 15 is 0 Å². The van der Waals surface area contributed by atoms with Crippen molar-refractivity contribution in [3.05, 3.63) is 22.7 Å². The molecular formula is C17H23ClN2O3. The second-order valence-electron chi connectivity index (χ2n) is 6.41. The van der Waals surface area contributed by atoms with Crippen molar-refractivity contribution in [3.63, 3.8) is 0 Å². The molecule has 1 spiro atoms. The monoisotopic (exact) mass is 338 g/mol. The smallest absolute Gasteiger partial charge is 0.227 e. The summed E-state index contributed by atoms with van der Waals surface area (Å²) in [5, 5.41) is 3.57. The predicted octanol–water partition coefficient (Wildman–Crippen LogP) is 2.46. The summed E-state index contributed by atoms with van der Waals surface area (Å²) in [6.45, 7) is 3.31. The highest BCUT2D eigenvalue weighted by Crippen LogP contribution is 2.40. The number of carbonyl (C=O) groups excluding carboxylic acids is 1. The van der Waals surface area contributed by atoms with Crippen LogP contribution >= 0.6 is 11.6 Å². The summed E-state index contributed by atoms with van der Waals surface area (Å²) < 4.78 is 10.6. The van der Waals surface area contributed by atoms with Gasteiger partial charge in [-0.15, -0.1) is 0 Å². The number of carbonyl (C=O) groups is 1. The zero-order valence-corrected chi connectivity index (χ0v) is 14.4. The van der Waals surface area contributed by atoms with Gasteiger partial charge in [-0.1, -0.05) is 11.6 Å². The minimum Gasteiger partial charge on any atom is -0.493 e. The van der Waals surface area contributed by atoms with Gasteiger partial charge in [0.2, 0.25) is 5.91 Å². The number of hydrogen-bond donors (Lipinski definition) is 1. The standard InChI is InChI=1S/C17H23ClN2O3/c1-22-14-9-12(8-13(18)15(14)23-2)10-20-7-5-17(11-20)4-3-6-19-16(17)21/h8-9H,3-7,10-11H2,1-2H3,(H,19,21)/t17-/m0/s1. The highest BCUT2D eigenvalue weighted by atomic mass is 35.5. The Morgan fingerprint density at radius 1 is 1.30 bits per heavy atom. The van der Waals surface area contributed by atoms with Crippen molar-refractivity contribution in [2.75, 3.05) is 33.9 Å². The number of likely N-dealkylation sites (tertiary alicyclic amines) is 1. The van der Waals surface area contributed by atoms with Crippen LogP contribution < -0.4 is 14.8 Å². The maximum atomic E-state index is 12.3. The Balaban J connectivity index is 1.73. The summed E-state index contributed by atoms with van der Waals surface area (Å²) in [6, 6.07) is 3.87. The van der Waals surface area contributed by atoms with Gasteiger partial charge >= 0.3 is 0 Å². The van der Waals surface area contributed by atoms with Gasteiger partial charge in [0.05, 0.1) is 24.7 Å². The van der Waals surface area contributed by atoms with E-state index in [0.29, 0.717) is 16.5 Å². The maximum Gasteiger partial charge on any atom is 0.227 e. The van der Waals surface area contributed by atoms with Crippen LogP contribution in [0.2, 0.25) is 5.02 Å². The first-order valence-electron chi connectivity index (χ1n) is 7.99. The van der Waals surface area contributed by atoms with Gasteiger partial charge in [-0.2, -0.15) is 0 Å². The van der Waals surface area contributed by atoms with Crippen molar-refractivity contribution < 1.29 is 14.3 Å². The molecule has 0 unspecified atom stereocenters. The summed E-state index contributed by atoms with van der Waals surface area (Å²) in [7, 11) is 3.19. The zero-order valence-electron chi connectivity index (χ0n) is 13.7. The topological polar surface area (TPSA) is 50.8 Å². The van der Waals surface area contributed by atoms with E-state index in [-0.39, 0.29) is 11.3 Å². The average Bonchev–Trinajstić information content (AvgIpc) is 2.93. The fraction of sp³-hybridized carbons (Fsp3) is 0.588. The van der Waals surface area contributed by atoms with Crippen LogP contribution in [-0.4, -0.2) is 44.7 Å². The molecule has 0 aliphatic carbocycles. The second kappa shape index (κ2) is 6.57. The molecule has 3 rings (SSSR count). The molecule has 0 radical (unpaired) electrons. The van der Waals surface area contributed by atoms with Crippen LogP contribution in [0, 0.1) is 5.41 Å². The third kappa shape index (κ3) is 3.12. The van der Waals surface area contributed by atoms with Crippen molar-refractivity contribution in [3.8, 4) is 11.5 Å². The molecule has 0 aromatic heterocycles. The lowest BCUT2D eigenvalue weighted by Gasteiger charge is -2.32. The molecule has 1 aromatic rings. The molecular weight excluding hydrogens is 316 g/mol. The quantitative estimate of drug-likeness (QED) is 0.916. The van der Waals surface area contributed by atoms with Crippen LogP contribution in [-0.2, 0) is 11.3 Å². The Labute approximate surface area is 141 Å². The largest absolute Gasteiger partial charge is 0.493 e. The van der Waals surface area contributed by atoms with Gasteiger partial charge in [0.25, 0.3) is 0 Å². The van der Waals surface area contributed by atoms with Gasteiger partial charge in [-0.3, -0.25) is 9.69 Å². The van der Waals surface area contributed by atoms with Gasteiger partial charge < -0.3 is 14.8 Å². The van der Waals surface area contributed by atoms with Gasteiger partial charge in [0.15, 0.2) is 11.5 Å². The number of halogens is 1. The molecule has 2 heterocycles. The van der Waals surface area contributed by atoms with Crippen molar-refractivity contribution in [2.45, 2.75) is 25.8 Å². The number of methoxy groups -OCH3 is 2. The van der Waals surface area contributed by atoms with Crippen molar-refractivity contribution in [2.24, 2.45) is 5.41 Å². The molecule has 0 bridgehead atoms. The van der Waals surface area contributed by atoms with E-state index in [4.69, 9.17) is 21.1 Å². The number of nitrogens with zero attached hydrogens (tertiary/aromatic N) is 1. The Kier molecular flexibility index (Phi) is 4.69. The van der Waals surface area contributed by atoms with Gasteiger partial charge in [-0.05, 0) is 43.5 Å². The van der Waals surface area contributed by atoms with Crippen LogP contribution in [0.5, 0.6) is 11.5 Å².